The van der Waals surface area contributed by atoms with Gasteiger partial charge in [-0.2, -0.15) is 0 Å². The Hall–Kier alpha value is -1.93. The maximum absolute atomic E-state index is 12.3. The van der Waals surface area contributed by atoms with Crippen LogP contribution in [0.4, 0.5) is 0 Å². The van der Waals surface area contributed by atoms with Gasteiger partial charge in [-0.25, -0.2) is 9.59 Å². The van der Waals surface area contributed by atoms with E-state index in [1.807, 2.05) is 22.4 Å². The first-order valence-electron chi connectivity index (χ1n) is 8.91. The minimum absolute atomic E-state index is 0.219. The van der Waals surface area contributed by atoms with E-state index in [1.54, 1.807) is 11.3 Å². The minimum atomic E-state index is -1.82. The standard InChI is InChI=1S/C16H24N2OS.C2H2O4/c1-13-4-2-5-14(12-13)17-7-9-18(10-8-17)16(19)15-6-3-11-20-15;3-1(4)2(5)6/h3,6,11,13-14H,2,4-5,7-10,12H2,1H3;(H,3,4)(H,5,6). The number of carboxylic acids is 2. The zero-order valence-corrected chi connectivity index (χ0v) is 15.8. The molecule has 1 amide bonds. The van der Waals surface area contributed by atoms with Gasteiger partial charge in [-0.15, -0.1) is 11.3 Å². The van der Waals surface area contributed by atoms with Crippen molar-refractivity contribution in [1.29, 1.82) is 0 Å². The Morgan fingerprint density at radius 3 is 2.23 bits per heavy atom. The van der Waals surface area contributed by atoms with E-state index in [2.05, 4.69) is 11.8 Å². The van der Waals surface area contributed by atoms with E-state index in [1.165, 1.54) is 25.7 Å². The Kier molecular flexibility index (Phi) is 7.59. The van der Waals surface area contributed by atoms with Crippen molar-refractivity contribution in [3.05, 3.63) is 22.4 Å². The molecule has 0 aromatic carbocycles. The molecule has 26 heavy (non-hydrogen) atoms. The van der Waals surface area contributed by atoms with Crippen molar-refractivity contribution < 1.29 is 24.6 Å². The Morgan fingerprint density at radius 1 is 1.08 bits per heavy atom. The van der Waals surface area contributed by atoms with E-state index >= 15 is 0 Å². The van der Waals surface area contributed by atoms with Gasteiger partial charge in [0, 0.05) is 32.2 Å². The van der Waals surface area contributed by atoms with Gasteiger partial charge in [0.05, 0.1) is 4.88 Å². The first kappa shape index (κ1) is 20.4. The maximum Gasteiger partial charge on any atom is 0.414 e. The molecule has 1 saturated carbocycles. The van der Waals surface area contributed by atoms with Gasteiger partial charge >= 0.3 is 11.9 Å². The lowest BCUT2D eigenvalue weighted by molar-refractivity contribution is -0.159. The number of carbonyl (C=O) groups is 3. The monoisotopic (exact) mass is 382 g/mol. The number of rotatable bonds is 2. The number of carbonyl (C=O) groups excluding carboxylic acids is 1. The Morgan fingerprint density at radius 2 is 1.73 bits per heavy atom. The Labute approximate surface area is 157 Å². The SMILES string of the molecule is CC1CCCC(N2CCN(C(=O)c3cccs3)CC2)C1.O=C(O)C(=O)O. The molecule has 144 valence electrons. The number of amides is 1. The molecule has 1 saturated heterocycles. The molecule has 2 atom stereocenters. The first-order chi connectivity index (χ1) is 12.4. The molecule has 0 bridgehead atoms. The highest BCUT2D eigenvalue weighted by atomic mass is 32.1. The third-order valence-electron chi connectivity index (χ3n) is 4.94. The van der Waals surface area contributed by atoms with Gasteiger partial charge in [0.2, 0.25) is 0 Å². The fourth-order valence-electron chi connectivity index (χ4n) is 3.58. The van der Waals surface area contributed by atoms with Crippen molar-refractivity contribution in [2.24, 2.45) is 5.92 Å². The van der Waals surface area contributed by atoms with Crippen molar-refractivity contribution in [2.45, 2.75) is 38.6 Å². The van der Waals surface area contributed by atoms with Crippen molar-refractivity contribution in [1.82, 2.24) is 9.80 Å². The predicted octanol–water partition coefficient (Wildman–Crippen LogP) is 2.24. The van der Waals surface area contributed by atoms with E-state index in [9.17, 15) is 4.79 Å². The lowest BCUT2D eigenvalue weighted by Gasteiger charge is -2.41. The summed E-state index contributed by atoms with van der Waals surface area (Å²) in [6.45, 7) is 6.26. The highest BCUT2D eigenvalue weighted by Gasteiger charge is 2.29. The van der Waals surface area contributed by atoms with Crippen LogP contribution < -0.4 is 0 Å². The maximum atomic E-state index is 12.3. The van der Waals surface area contributed by atoms with E-state index in [0.29, 0.717) is 0 Å². The van der Waals surface area contributed by atoms with Crippen LogP contribution in [0.2, 0.25) is 0 Å². The van der Waals surface area contributed by atoms with Crippen LogP contribution >= 0.6 is 11.3 Å². The fraction of sp³-hybridized carbons (Fsp3) is 0.611. The summed E-state index contributed by atoms with van der Waals surface area (Å²) in [5.41, 5.74) is 0. The van der Waals surface area contributed by atoms with Gasteiger partial charge in [-0.05, 0) is 30.2 Å². The van der Waals surface area contributed by atoms with Crippen molar-refractivity contribution in [2.75, 3.05) is 26.2 Å². The van der Waals surface area contributed by atoms with Crippen molar-refractivity contribution in [3.63, 3.8) is 0 Å². The zero-order valence-electron chi connectivity index (χ0n) is 15.0. The smallest absolute Gasteiger partial charge is 0.414 e. The number of carboxylic acid groups (broad SMARTS) is 2. The second kappa shape index (κ2) is 9.68. The molecular formula is C18H26N2O5S. The summed E-state index contributed by atoms with van der Waals surface area (Å²) in [5.74, 6) is -2.55. The van der Waals surface area contributed by atoms with Gasteiger partial charge in [0.1, 0.15) is 0 Å². The summed E-state index contributed by atoms with van der Waals surface area (Å²) < 4.78 is 0. The van der Waals surface area contributed by atoms with Gasteiger partial charge in [0.25, 0.3) is 5.91 Å². The molecule has 0 radical (unpaired) electrons. The number of hydrogen-bond donors (Lipinski definition) is 2. The van der Waals surface area contributed by atoms with Crippen LogP contribution in [0.3, 0.4) is 0 Å². The largest absolute Gasteiger partial charge is 0.473 e. The topological polar surface area (TPSA) is 98.2 Å². The highest BCUT2D eigenvalue weighted by molar-refractivity contribution is 7.12. The normalized spacial score (nSPS) is 23.7. The summed E-state index contributed by atoms with van der Waals surface area (Å²) in [7, 11) is 0. The number of nitrogens with zero attached hydrogens (tertiary/aromatic N) is 2. The van der Waals surface area contributed by atoms with E-state index in [4.69, 9.17) is 19.8 Å². The molecule has 2 N–H and O–H groups in total. The Bertz CT molecular complexity index is 599. The highest BCUT2D eigenvalue weighted by Crippen LogP contribution is 2.28. The van der Waals surface area contributed by atoms with Crippen LogP contribution in [0.1, 0.15) is 42.3 Å². The number of hydrogen-bond acceptors (Lipinski definition) is 5. The van der Waals surface area contributed by atoms with E-state index in [0.717, 1.165) is 43.0 Å². The van der Waals surface area contributed by atoms with Gasteiger partial charge < -0.3 is 15.1 Å². The number of thiophene rings is 1. The summed E-state index contributed by atoms with van der Waals surface area (Å²) in [5, 5.41) is 16.8. The number of aliphatic carboxylic acids is 2. The predicted molar refractivity (Wildman–Crippen MR) is 98.5 cm³/mol. The molecule has 1 aromatic rings. The zero-order chi connectivity index (χ0) is 19.1. The molecule has 3 rings (SSSR count). The van der Waals surface area contributed by atoms with Gasteiger partial charge in [-0.3, -0.25) is 9.69 Å². The third kappa shape index (κ3) is 5.81. The van der Waals surface area contributed by atoms with Crippen molar-refractivity contribution >= 4 is 29.2 Å². The third-order valence-corrected chi connectivity index (χ3v) is 5.80. The molecule has 0 spiro atoms. The van der Waals surface area contributed by atoms with Gasteiger partial charge in [0.15, 0.2) is 0 Å². The molecule has 8 heteroatoms. The molecule has 1 aliphatic heterocycles. The first-order valence-corrected chi connectivity index (χ1v) is 9.79. The van der Waals surface area contributed by atoms with E-state index in [-0.39, 0.29) is 5.91 Å². The molecule has 2 heterocycles. The lowest BCUT2D eigenvalue weighted by atomic mass is 9.86. The molecule has 2 aliphatic rings. The van der Waals surface area contributed by atoms with Crippen molar-refractivity contribution in [3.8, 4) is 0 Å². The molecular weight excluding hydrogens is 356 g/mol. The summed E-state index contributed by atoms with van der Waals surface area (Å²) in [4.78, 5) is 36.0. The average Bonchev–Trinajstić information content (AvgIpc) is 3.16. The summed E-state index contributed by atoms with van der Waals surface area (Å²) in [6, 6.07) is 4.65. The molecule has 2 fully saturated rings. The summed E-state index contributed by atoms with van der Waals surface area (Å²) >= 11 is 1.55. The van der Waals surface area contributed by atoms with Crippen LogP contribution in [0.5, 0.6) is 0 Å². The average molecular weight is 382 g/mol. The van der Waals surface area contributed by atoms with Crippen LogP contribution in [0.25, 0.3) is 0 Å². The molecule has 1 aromatic heterocycles. The van der Waals surface area contributed by atoms with E-state index < -0.39 is 11.9 Å². The van der Waals surface area contributed by atoms with Crippen LogP contribution in [-0.4, -0.2) is 70.1 Å². The van der Waals surface area contributed by atoms with Gasteiger partial charge in [-0.1, -0.05) is 25.8 Å². The lowest BCUT2D eigenvalue weighted by Crippen LogP contribution is -2.52. The van der Waals surface area contributed by atoms with Crippen LogP contribution in [-0.2, 0) is 9.59 Å². The summed E-state index contributed by atoms with van der Waals surface area (Å²) in [6.07, 6.45) is 5.47. The second-order valence-corrected chi connectivity index (χ2v) is 7.79. The van der Waals surface area contributed by atoms with Crippen LogP contribution in [0.15, 0.2) is 17.5 Å². The molecule has 2 unspecified atom stereocenters. The molecule has 7 nitrogen and oxygen atoms in total. The minimum Gasteiger partial charge on any atom is -0.473 e. The fourth-order valence-corrected chi connectivity index (χ4v) is 4.27. The number of piperazine rings is 1. The molecule has 1 aliphatic carbocycles. The second-order valence-electron chi connectivity index (χ2n) is 6.84. The Balaban J connectivity index is 0.000000352. The quantitative estimate of drug-likeness (QED) is 0.761. The van der Waals surface area contributed by atoms with Crippen LogP contribution in [0, 0.1) is 5.92 Å².